The second-order valence-electron chi connectivity index (χ2n) is 5.16. The molecule has 100 valence electrons. The van der Waals surface area contributed by atoms with Crippen LogP contribution in [0.2, 0.25) is 0 Å². The summed E-state index contributed by atoms with van der Waals surface area (Å²) in [6.07, 6.45) is 0.176. The van der Waals surface area contributed by atoms with Crippen molar-refractivity contribution in [2.45, 2.75) is 38.8 Å². The zero-order chi connectivity index (χ0) is 13.1. The predicted octanol–water partition coefficient (Wildman–Crippen LogP) is 2.87. The molecule has 1 aliphatic heterocycles. The Morgan fingerprint density at radius 1 is 1.39 bits per heavy atom. The number of benzene rings is 1. The zero-order valence-electron chi connectivity index (χ0n) is 11.7. The summed E-state index contributed by atoms with van der Waals surface area (Å²) in [4.78, 5) is 0. The molecule has 1 aliphatic rings. The molecule has 0 radical (unpaired) electrons. The van der Waals surface area contributed by atoms with E-state index < -0.39 is 0 Å². The SMILES string of the molecule is COc1ccc(C(C)C)cc1C1NCCOC1C. The van der Waals surface area contributed by atoms with Gasteiger partial charge in [0.25, 0.3) is 0 Å². The van der Waals surface area contributed by atoms with Crippen molar-refractivity contribution < 1.29 is 9.47 Å². The van der Waals surface area contributed by atoms with E-state index in [1.54, 1.807) is 7.11 Å². The summed E-state index contributed by atoms with van der Waals surface area (Å²) in [5.41, 5.74) is 2.54. The maximum Gasteiger partial charge on any atom is 0.123 e. The van der Waals surface area contributed by atoms with Crippen LogP contribution in [0.4, 0.5) is 0 Å². The van der Waals surface area contributed by atoms with E-state index in [-0.39, 0.29) is 12.1 Å². The third kappa shape index (κ3) is 2.68. The van der Waals surface area contributed by atoms with E-state index in [0.717, 1.165) is 18.9 Å². The molecule has 1 fully saturated rings. The van der Waals surface area contributed by atoms with Crippen LogP contribution in [-0.4, -0.2) is 26.4 Å². The van der Waals surface area contributed by atoms with Crippen molar-refractivity contribution in [3.63, 3.8) is 0 Å². The number of nitrogens with one attached hydrogen (secondary N) is 1. The monoisotopic (exact) mass is 249 g/mol. The molecular weight excluding hydrogens is 226 g/mol. The number of ether oxygens (including phenoxy) is 2. The minimum atomic E-state index is 0.176. The van der Waals surface area contributed by atoms with Gasteiger partial charge in [0, 0.05) is 12.1 Å². The van der Waals surface area contributed by atoms with E-state index in [9.17, 15) is 0 Å². The van der Waals surface area contributed by atoms with Crippen LogP contribution >= 0.6 is 0 Å². The molecule has 0 saturated carbocycles. The lowest BCUT2D eigenvalue weighted by Crippen LogP contribution is -2.40. The maximum absolute atomic E-state index is 5.73. The van der Waals surface area contributed by atoms with Crippen LogP contribution in [0.15, 0.2) is 18.2 Å². The summed E-state index contributed by atoms with van der Waals surface area (Å²) in [7, 11) is 1.72. The second kappa shape index (κ2) is 5.72. The highest BCUT2D eigenvalue weighted by Crippen LogP contribution is 2.32. The average Bonchev–Trinajstić information content (AvgIpc) is 2.38. The lowest BCUT2D eigenvalue weighted by Gasteiger charge is -2.32. The molecule has 3 nitrogen and oxygen atoms in total. The first kappa shape index (κ1) is 13.4. The summed E-state index contributed by atoms with van der Waals surface area (Å²) in [5, 5.41) is 3.52. The average molecular weight is 249 g/mol. The highest BCUT2D eigenvalue weighted by Gasteiger charge is 2.26. The van der Waals surface area contributed by atoms with Crippen molar-refractivity contribution in [3.05, 3.63) is 29.3 Å². The van der Waals surface area contributed by atoms with E-state index >= 15 is 0 Å². The first-order valence-electron chi connectivity index (χ1n) is 6.66. The van der Waals surface area contributed by atoms with Crippen molar-refractivity contribution in [2.24, 2.45) is 0 Å². The van der Waals surface area contributed by atoms with Crippen LogP contribution < -0.4 is 10.1 Å². The van der Waals surface area contributed by atoms with Crippen LogP contribution in [-0.2, 0) is 4.74 Å². The van der Waals surface area contributed by atoms with E-state index in [2.05, 4.69) is 44.3 Å². The van der Waals surface area contributed by atoms with Crippen LogP contribution in [0.5, 0.6) is 5.75 Å². The highest BCUT2D eigenvalue weighted by atomic mass is 16.5. The Kier molecular flexibility index (Phi) is 4.25. The normalized spacial score (nSPS) is 24.3. The van der Waals surface area contributed by atoms with Gasteiger partial charge in [0.15, 0.2) is 0 Å². The number of morpholine rings is 1. The van der Waals surface area contributed by atoms with Crippen molar-refractivity contribution >= 4 is 0 Å². The van der Waals surface area contributed by atoms with Gasteiger partial charge in [0.2, 0.25) is 0 Å². The Hall–Kier alpha value is -1.06. The van der Waals surface area contributed by atoms with Gasteiger partial charge in [0.05, 0.1) is 25.9 Å². The molecule has 2 atom stereocenters. The molecule has 0 amide bonds. The topological polar surface area (TPSA) is 30.5 Å². The molecule has 2 unspecified atom stereocenters. The molecule has 18 heavy (non-hydrogen) atoms. The number of hydrogen-bond acceptors (Lipinski definition) is 3. The Bertz CT molecular complexity index is 403. The molecule has 3 heteroatoms. The Balaban J connectivity index is 2.36. The summed E-state index contributed by atoms with van der Waals surface area (Å²) >= 11 is 0. The largest absolute Gasteiger partial charge is 0.496 e. The summed E-state index contributed by atoms with van der Waals surface area (Å²) in [5.74, 6) is 1.46. The van der Waals surface area contributed by atoms with Crippen molar-refractivity contribution in [1.82, 2.24) is 5.32 Å². The van der Waals surface area contributed by atoms with Gasteiger partial charge in [0.1, 0.15) is 5.75 Å². The Morgan fingerprint density at radius 2 is 2.17 bits per heavy atom. The number of hydrogen-bond donors (Lipinski definition) is 1. The van der Waals surface area contributed by atoms with Gasteiger partial charge in [-0.15, -0.1) is 0 Å². The quantitative estimate of drug-likeness (QED) is 0.893. The third-order valence-corrected chi connectivity index (χ3v) is 3.57. The van der Waals surface area contributed by atoms with Crippen LogP contribution in [0, 0.1) is 0 Å². The van der Waals surface area contributed by atoms with Gasteiger partial charge in [-0.1, -0.05) is 26.0 Å². The predicted molar refractivity (Wildman–Crippen MR) is 73.2 cm³/mol. The first-order valence-corrected chi connectivity index (χ1v) is 6.66. The standard InChI is InChI=1S/C15H23NO2/c1-10(2)12-5-6-14(17-4)13(9-12)15-11(3)18-8-7-16-15/h5-6,9-11,15-16H,7-8H2,1-4H3. The van der Waals surface area contributed by atoms with Gasteiger partial charge in [-0.3, -0.25) is 0 Å². The van der Waals surface area contributed by atoms with Crippen LogP contribution in [0.3, 0.4) is 0 Å². The molecule has 0 bridgehead atoms. The maximum atomic E-state index is 5.73. The van der Waals surface area contributed by atoms with Crippen LogP contribution in [0.1, 0.15) is 43.9 Å². The summed E-state index contributed by atoms with van der Waals surface area (Å²) < 4.78 is 11.2. The smallest absolute Gasteiger partial charge is 0.123 e. The fraction of sp³-hybridized carbons (Fsp3) is 0.600. The first-order chi connectivity index (χ1) is 8.63. The Morgan fingerprint density at radius 3 is 2.78 bits per heavy atom. The molecule has 1 N–H and O–H groups in total. The molecule has 0 aliphatic carbocycles. The van der Waals surface area contributed by atoms with E-state index in [1.165, 1.54) is 11.1 Å². The zero-order valence-corrected chi connectivity index (χ0v) is 11.7. The lowest BCUT2D eigenvalue weighted by molar-refractivity contribution is 0.00693. The molecular formula is C15H23NO2. The minimum absolute atomic E-state index is 0.176. The molecule has 1 aromatic carbocycles. The van der Waals surface area contributed by atoms with Gasteiger partial charge in [-0.05, 0) is 24.5 Å². The molecule has 2 rings (SSSR count). The van der Waals surface area contributed by atoms with Gasteiger partial charge in [-0.2, -0.15) is 0 Å². The van der Waals surface area contributed by atoms with E-state index in [0.29, 0.717) is 5.92 Å². The van der Waals surface area contributed by atoms with Crippen molar-refractivity contribution in [2.75, 3.05) is 20.3 Å². The fourth-order valence-corrected chi connectivity index (χ4v) is 2.44. The molecule has 1 saturated heterocycles. The van der Waals surface area contributed by atoms with Crippen molar-refractivity contribution in [1.29, 1.82) is 0 Å². The van der Waals surface area contributed by atoms with Crippen LogP contribution in [0.25, 0.3) is 0 Å². The fourth-order valence-electron chi connectivity index (χ4n) is 2.44. The molecule has 1 heterocycles. The third-order valence-electron chi connectivity index (χ3n) is 3.57. The van der Waals surface area contributed by atoms with E-state index in [4.69, 9.17) is 9.47 Å². The Labute approximate surface area is 109 Å². The summed E-state index contributed by atoms with van der Waals surface area (Å²) in [6.45, 7) is 8.20. The van der Waals surface area contributed by atoms with Gasteiger partial charge < -0.3 is 14.8 Å². The van der Waals surface area contributed by atoms with E-state index in [1.807, 2.05) is 0 Å². The molecule has 0 aromatic heterocycles. The lowest BCUT2D eigenvalue weighted by atomic mass is 9.94. The molecule has 1 aromatic rings. The molecule has 0 spiro atoms. The van der Waals surface area contributed by atoms with Gasteiger partial charge >= 0.3 is 0 Å². The highest BCUT2D eigenvalue weighted by molar-refractivity contribution is 5.41. The van der Waals surface area contributed by atoms with Gasteiger partial charge in [-0.25, -0.2) is 0 Å². The second-order valence-corrected chi connectivity index (χ2v) is 5.16. The summed E-state index contributed by atoms with van der Waals surface area (Å²) in [6, 6.07) is 6.66. The minimum Gasteiger partial charge on any atom is -0.496 e. The number of rotatable bonds is 3. The van der Waals surface area contributed by atoms with Crippen molar-refractivity contribution in [3.8, 4) is 5.75 Å². The number of methoxy groups -OCH3 is 1.